The summed E-state index contributed by atoms with van der Waals surface area (Å²) in [7, 11) is -3.21. The summed E-state index contributed by atoms with van der Waals surface area (Å²) >= 11 is 0. The average molecular weight is 460 g/mol. The van der Waals surface area contributed by atoms with E-state index in [2.05, 4.69) is 0 Å². The zero-order chi connectivity index (χ0) is 22.5. The van der Waals surface area contributed by atoms with Crippen molar-refractivity contribution in [2.24, 2.45) is 5.92 Å². The van der Waals surface area contributed by atoms with Crippen LogP contribution in [0.4, 0.5) is 0 Å². The Balaban J connectivity index is 1.58. The summed E-state index contributed by atoms with van der Waals surface area (Å²) in [4.78, 5) is 28.8. The van der Waals surface area contributed by atoms with Gasteiger partial charge in [0.2, 0.25) is 0 Å². The molecule has 0 spiro atoms. The molecule has 0 aromatic heterocycles. The molecular weight excluding hydrogens is 430 g/mol. The maximum absolute atomic E-state index is 13.6. The van der Waals surface area contributed by atoms with Gasteiger partial charge in [0.15, 0.2) is 21.4 Å². The summed E-state index contributed by atoms with van der Waals surface area (Å²) < 4.78 is 36.4. The first kappa shape index (κ1) is 21.5. The van der Waals surface area contributed by atoms with Crippen molar-refractivity contribution in [1.82, 2.24) is 4.90 Å². The second kappa shape index (κ2) is 8.21. The van der Waals surface area contributed by atoms with Gasteiger partial charge < -0.3 is 14.4 Å². The Morgan fingerprint density at radius 2 is 1.97 bits per heavy atom. The van der Waals surface area contributed by atoms with Crippen molar-refractivity contribution in [3.05, 3.63) is 41.2 Å². The van der Waals surface area contributed by atoms with Crippen molar-refractivity contribution in [3.8, 4) is 5.75 Å². The Hall–Kier alpha value is -2.35. The van der Waals surface area contributed by atoms with Gasteiger partial charge in [0, 0.05) is 6.04 Å². The van der Waals surface area contributed by atoms with Crippen molar-refractivity contribution >= 4 is 21.5 Å². The lowest BCUT2D eigenvalue weighted by Gasteiger charge is -2.35. The first-order valence-corrected chi connectivity index (χ1v) is 13.4. The Morgan fingerprint density at radius 3 is 2.72 bits per heavy atom. The molecule has 0 N–H and O–H groups in total. The molecule has 1 amide bonds. The number of carbonyl (C=O) groups is 2. The minimum atomic E-state index is -3.21. The molecule has 4 unspecified atom stereocenters. The molecule has 0 bridgehead atoms. The van der Waals surface area contributed by atoms with Gasteiger partial charge in [-0.2, -0.15) is 0 Å². The fourth-order valence-electron chi connectivity index (χ4n) is 5.56. The van der Waals surface area contributed by atoms with Gasteiger partial charge in [-0.05, 0) is 49.8 Å². The predicted molar refractivity (Wildman–Crippen MR) is 118 cm³/mol. The highest BCUT2D eigenvalue weighted by Gasteiger charge is 2.54. The summed E-state index contributed by atoms with van der Waals surface area (Å²) in [5.41, 5.74) is 1.16. The monoisotopic (exact) mass is 459 g/mol. The molecule has 1 aliphatic carbocycles. The van der Waals surface area contributed by atoms with Crippen LogP contribution >= 0.6 is 0 Å². The molecule has 3 heterocycles. The van der Waals surface area contributed by atoms with Crippen LogP contribution in [0, 0.1) is 5.92 Å². The lowest BCUT2D eigenvalue weighted by Crippen LogP contribution is -2.41. The van der Waals surface area contributed by atoms with Crippen LogP contribution in [-0.4, -0.2) is 55.3 Å². The number of ketones is 1. The first-order valence-electron chi connectivity index (χ1n) is 11.6. The summed E-state index contributed by atoms with van der Waals surface area (Å²) in [5.74, 6) is 0.171. The van der Waals surface area contributed by atoms with Crippen molar-refractivity contribution in [3.63, 3.8) is 0 Å². The van der Waals surface area contributed by atoms with Crippen LogP contribution in [0.5, 0.6) is 5.75 Å². The number of benzene rings is 1. The van der Waals surface area contributed by atoms with Crippen molar-refractivity contribution < 1.29 is 27.5 Å². The number of nitrogens with zero attached hydrogens (tertiary/aromatic N) is 1. The number of hydrogen-bond donors (Lipinski definition) is 0. The fraction of sp³-hybridized carbons (Fsp3) is 0.583. The van der Waals surface area contributed by atoms with Gasteiger partial charge >= 0.3 is 0 Å². The smallest absolute Gasteiger partial charge is 0.290 e. The number of amides is 1. The topological polar surface area (TPSA) is 90.0 Å². The molecule has 8 heteroatoms. The highest BCUT2D eigenvalue weighted by atomic mass is 32.2. The molecule has 1 aromatic rings. The number of carbonyl (C=O) groups excluding carboxylic acids is 2. The second-order valence-corrected chi connectivity index (χ2v) is 11.5. The van der Waals surface area contributed by atoms with Gasteiger partial charge in [-0.25, -0.2) is 8.42 Å². The molecule has 32 heavy (non-hydrogen) atoms. The normalized spacial score (nSPS) is 31.3. The number of ether oxygens (including phenoxy) is 2. The highest BCUT2D eigenvalue weighted by molar-refractivity contribution is 7.91. The van der Waals surface area contributed by atoms with Gasteiger partial charge in [-0.15, -0.1) is 0 Å². The minimum absolute atomic E-state index is 0.0162. The quantitative estimate of drug-likeness (QED) is 0.673. The summed E-state index contributed by atoms with van der Waals surface area (Å²) in [6.07, 6.45) is 4.47. The largest absolute Gasteiger partial charge is 0.494 e. The molecule has 1 aromatic carbocycles. The number of fused-ring (bicyclic) bond motifs is 1. The van der Waals surface area contributed by atoms with Gasteiger partial charge in [0.25, 0.3) is 5.91 Å². The average Bonchev–Trinajstić information content (AvgIpc) is 3.29. The summed E-state index contributed by atoms with van der Waals surface area (Å²) in [6.45, 7) is 2.59. The molecule has 4 aliphatic rings. The standard InChI is InChI=1S/C24H29NO6S/c1-2-11-30-17-7-5-6-15(13-17)21-20-22(26)18-8-3-4-9-19(18)31-23(20)24(27)25(21)16-10-12-32(28,29)14-16/h5-7,13,16,18-19,21H,2-4,8-12,14H2,1H3. The SMILES string of the molecule is CCCOc1cccc(C2C3=C(OC4CCCCC4C3=O)C(=O)N2C2CCS(=O)(=O)C2)c1. The number of rotatable bonds is 5. The van der Waals surface area contributed by atoms with E-state index in [1.807, 2.05) is 31.2 Å². The van der Waals surface area contributed by atoms with E-state index in [4.69, 9.17) is 9.47 Å². The summed E-state index contributed by atoms with van der Waals surface area (Å²) in [5, 5.41) is 0. The van der Waals surface area contributed by atoms with E-state index < -0.39 is 21.9 Å². The van der Waals surface area contributed by atoms with Crippen molar-refractivity contribution in [2.75, 3.05) is 18.1 Å². The minimum Gasteiger partial charge on any atom is -0.494 e. The van der Waals surface area contributed by atoms with Crippen LogP contribution in [0.3, 0.4) is 0 Å². The molecule has 0 radical (unpaired) electrons. The molecule has 1 saturated heterocycles. The van der Waals surface area contributed by atoms with Crippen LogP contribution in [-0.2, 0) is 24.2 Å². The Labute approximate surface area is 188 Å². The van der Waals surface area contributed by atoms with E-state index >= 15 is 0 Å². The van der Waals surface area contributed by atoms with Gasteiger partial charge in [-0.3, -0.25) is 9.59 Å². The van der Waals surface area contributed by atoms with Crippen LogP contribution in [0.1, 0.15) is 57.1 Å². The third-order valence-corrected chi connectivity index (χ3v) is 8.80. The van der Waals surface area contributed by atoms with Crippen molar-refractivity contribution in [1.29, 1.82) is 0 Å². The molecule has 3 aliphatic heterocycles. The van der Waals surface area contributed by atoms with E-state index in [1.165, 1.54) is 0 Å². The molecular formula is C24H29NO6S. The third kappa shape index (κ3) is 3.62. The van der Waals surface area contributed by atoms with Crippen LogP contribution in [0.25, 0.3) is 0 Å². The maximum atomic E-state index is 13.6. The summed E-state index contributed by atoms with van der Waals surface area (Å²) in [6, 6.07) is 6.33. The van der Waals surface area contributed by atoms with Gasteiger partial charge in [-0.1, -0.05) is 25.5 Å². The lowest BCUT2D eigenvalue weighted by molar-refractivity contribution is -0.136. The van der Waals surface area contributed by atoms with E-state index in [-0.39, 0.29) is 41.0 Å². The van der Waals surface area contributed by atoms with E-state index in [1.54, 1.807) is 4.90 Å². The fourth-order valence-corrected chi connectivity index (χ4v) is 7.27. The van der Waals surface area contributed by atoms with Gasteiger partial charge in [0.05, 0.1) is 35.6 Å². The van der Waals surface area contributed by atoms with Crippen LogP contribution in [0.15, 0.2) is 35.6 Å². The predicted octanol–water partition coefficient (Wildman–Crippen LogP) is 2.96. The van der Waals surface area contributed by atoms with E-state index in [0.29, 0.717) is 24.4 Å². The molecule has 4 atom stereocenters. The Bertz CT molecular complexity index is 1080. The first-order chi connectivity index (χ1) is 15.4. The number of Topliss-reactive ketones (excluding diaryl/α,β-unsaturated/α-hetero) is 1. The van der Waals surface area contributed by atoms with Crippen LogP contribution in [0.2, 0.25) is 0 Å². The molecule has 5 rings (SSSR count). The Kier molecular flexibility index (Phi) is 5.51. The number of hydrogen-bond acceptors (Lipinski definition) is 6. The molecule has 2 fully saturated rings. The highest BCUT2D eigenvalue weighted by Crippen LogP contribution is 2.48. The number of sulfone groups is 1. The van der Waals surface area contributed by atoms with E-state index in [0.717, 1.165) is 37.7 Å². The second-order valence-electron chi connectivity index (χ2n) is 9.25. The zero-order valence-electron chi connectivity index (χ0n) is 18.3. The van der Waals surface area contributed by atoms with Crippen LogP contribution < -0.4 is 4.74 Å². The molecule has 172 valence electrons. The molecule has 7 nitrogen and oxygen atoms in total. The Morgan fingerprint density at radius 1 is 1.16 bits per heavy atom. The lowest BCUT2D eigenvalue weighted by atomic mass is 9.77. The van der Waals surface area contributed by atoms with Crippen molar-refractivity contribution in [2.45, 2.75) is 63.6 Å². The molecule has 1 saturated carbocycles. The zero-order valence-corrected chi connectivity index (χ0v) is 19.1. The van der Waals surface area contributed by atoms with Gasteiger partial charge in [0.1, 0.15) is 11.9 Å². The van der Waals surface area contributed by atoms with E-state index in [9.17, 15) is 18.0 Å². The maximum Gasteiger partial charge on any atom is 0.290 e. The third-order valence-electron chi connectivity index (χ3n) is 7.05.